The lowest BCUT2D eigenvalue weighted by molar-refractivity contribution is -0.384. The lowest BCUT2D eigenvalue weighted by Gasteiger charge is -2.09. The summed E-state index contributed by atoms with van der Waals surface area (Å²) in [6.45, 7) is 1.62. The monoisotopic (exact) mass is 431 g/mol. The van der Waals surface area contributed by atoms with Crippen molar-refractivity contribution in [3.05, 3.63) is 86.2 Å². The number of para-hydroxylation sites is 1. The molecule has 0 atom stereocenters. The van der Waals surface area contributed by atoms with Gasteiger partial charge >= 0.3 is 0 Å². The summed E-state index contributed by atoms with van der Waals surface area (Å²) in [6, 6.07) is 16.7. The minimum atomic E-state index is -0.621. The van der Waals surface area contributed by atoms with Gasteiger partial charge in [-0.15, -0.1) is 10.2 Å². The van der Waals surface area contributed by atoms with Crippen molar-refractivity contribution in [1.82, 2.24) is 20.0 Å². The van der Waals surface area contributed by atoms with Gasteiger partial charge in [0, 0.05) is 23.4 Å². The molecule has 1 N–H and O–H groups in total. The van der Waals surface area contributed by atoms with Crippen molar-refractivity contribution in [2.45, 2.75) is 6.92 Å². The maximum absolute atomic E-state index is 12.8. The molecular formula is C20H13N7O3S. The highest BCUT2D eigenvalue weighted by atomic mass is 32.1. The number of nitriles is 1. The summed E-state index contributed by atoms with van der Waals surface area (Å²) in [4.78, 5) is 23.1. The molecule has 31 heavy (non-hydrogen) atoms. The normalized spacial score (nSPS) is 10.5. The molecular weight excluding hydrogens is 418 g/mol. The number of hydrogen-bond donors (Lipinski definition) is 1. The smallest absolute Gasteiger partial charge is 0.289 e. The Hall–Kier alpha value is -4.43. The molecule has 11 heteroatoms. The first-order valence-corrected chi connectivity index (χ1v) is 9.74. The van der Waals surface area contributed by atoms with Crippen LogP contribution in [0.5, 0.6) is 0 Å². The molecule has 0 fully saturated rings. The number of rotatable bonds is 5. The average molecular weight is 431 g/mol. The van der Waals surface area contributed by atoms with E-state index in [2.05, 4.69) is 20.6 Å². The Labute approximate surface area is 179 Å². The summed E-state index contributed by atoms with van der Waals surface area (Å²) < 4.78 is 1.04. The van der Waals surface area contributed by atoms with Crippen LogP contribution in [-0.4, -0.2) is 24.9 Å². The van der Waals surface area contributed by atoms with Gasteiger partial charge in [-0.1, -0.05) is 29.5 Å². The molecule has 4 rings (SSSR count). The second-order valence-electron chi connectivity index (χ2n) is 6.35. The summed E-state index contributed by atoms with van der Waals surface area (Å²) in [5.41, 5.74) is 1.01. The van der Waals surface area contributed by atoms with E-state index in [0.29, 0.717) is 27.1 Å². The zero-order valence-electron chi connectivity index (χ0n) is 16.0. The van der Waals surface area contributed by atoms with Crippen LogP contribution in [0.2, 0.25) is 0 Å². The van der Waals surface area contributed by atoms with Crippen molar-refractivity contribution in [3.63, 3.8) is 0 Å². The highest BCUT2D eigenvalue weighted by Crippen LogP contribution is 2.29. The molecule has 0 spiro atoms. The van der Waals surface area contributed by atoms with Crippen LogP contribution in [0.4, 0.5) is 16.5 Å². The van der Waals surface area contributed by atoms with Gasteiger partial charge in [0.25, 0.3) is 11.2 Å². The molecule has 0 amide bonds. The number of nitro groups is 1. The van der Waals surface area contributed by atoms with Crippen molar-refractivity contribution >= 4 is 27.8 Å². The SMILES string of the molecule is Cc1c(-c2nnc(Nc3ccccc3)s2)nn(-c2ccc([N+](=O)[O-])cc2)c(=O)c1C#N. The molecule has 0 aliphatic heterocycles. The third-order valence-electron chi connectivity index (χ3n) is 4.41. The first-order valence-electron chi connectivity index (χ1n) is 8.92. The van der Waals surface area contributed by atoms with E-state index in [9.17, 15) is 20.2 Å². The Morgan fingerprint density at radius 3 is 2.48 bits per heavy atom. The zero-order valence-corrected chi connectivity index (χ0v) is 16.8. The third kappa shape index (κ3) is 3.87. The van der Waals surface area contributed by atoms with E-state index in [1.807, 2.05) is 36.4 Å². The van der Waals surface area contributed by atoms with Crippen molar-refractivity contribution in [3.8, 4) is 22.5 Å². The number of nitro benzene ring substituents is 1. The Morgan fingerprint density at radius 2 is 1.84 bits per heavy atom. The maximum Gasteiger partial charge on any atom is 0.289 e. The van der Waals surface area contributed by atoms with Crippen molar-refractivity contribution in [2.24, 2.45) is 0 Å². The van der Waals surface area contributed by atoms with E-state index in [1.165, 1.54) is 35.6 Å². The lowest BCUT2D eigenvalue weighted by Crippen LogP contribution is -2.25. The molecule has 4 aromatic rings. The highest BCUT2D eigenvalue weighted by molar-refractivity contribution is 7.18. The third-order valence-corrected chi connectivity index (χ3v) is 5.25. The first kappa shape index (κ1) is 19.9. The molecule has 0 radical (unpaired) electrons. The van der Waals surface area contributed by atoms with Gasteiger partial charge in [0.1, 0.15) is 17.3 Å². The Bertz CT molecular complexity index is 1370. The number of non-ortho nitro benzene ring substituents is 1. The topological polar surface area (TPSA) is 140 Å². The van der Waals surface area contributed by atoms with Gasteiger partial charge < -0.3 is 5.32 Å². The van der Waals surface area contributed by atoms with E-state index < -0.39 is 10.5 Å². The van der Waals surface area contributed by atoms with Gasteiger partial charge in [-0.25, -0.2) is 0 Å². The molecule has 0 unspecified atom stereocenters. The van der Waals surface area contributed by atoms with Gasteiger partial charge in [0.05, 0.1) is 10.6 Å². The van der Waals surface area contributed by atoms with Crippen LogP contribution in [-0.2, 0) is 0 Å². The quantitative estimate of drug-likeness (QED) is 0.373. The predicted molar refractivity (Wildman–Crippen MR) is 115 cm³/mol. The second-order valence-corrected chi connectivity index (χ2v) is 7.33. The minimum Gasteiger partial charge on any atom is -0.330 e. The summed E-state index contributed by atoms with van der Waals surface area (Å²) in [6.07, 6.45) is 0. The van der Waals surface area contributed by atoms with Crippen LogP contribution in [0.3, 0.4) is 0 Å². The number of anilines is 2. The standard InChI is InChI=1S/C20H13N7O3S/c1-12-16(11-21)19(28)26(14-7-9-15(10-8-14)27(29)30)25-17(12)18-23-24-20(31-18)22-13-5-3-2-4-6-13/h2-10H,1H3,(H,22,24). The fraction of sp³-hybridized carbons (Fsp3) is 0.0500. The number of benzene rings is 2. The molecule has 0 bridgehead atoms. The summed E-state index contributed by atoms with van der Waals surface area (Å²) in [7, 11) is 0. The predicted octanol–water partition coefficient (Wildman–Crippen LogP) is 3.58. The summed E-state index contributed by atoms with van der Waals surface area (Å²) in [5.74, 6) is 0. The molecule has 0 aliphatic rings. The number of hydrogen-bond acceptors (Lipinski definition) is 9. The largest absolute Gasteiger partial charge is 0.330 e. The molecule has 152 valence electrons. The van der Waals surface area contributed by atoms with Crippen LogP contribution in [0.15, 0.2) is 59.4 Å². The summed E-state index contributed by atoms with van der Waals surface area (Å²) in [5, 5.41) is 37.1. The molecule has 0 saturated heterocycles. The van der Waals surface area contributed by atoms with Crippen molar-refractivity contribution in [2.75, 3.05) is 5.32 Å². The summed E-state index contributed by atoms with van der Waals surface area (Å²) >= 11 is 1.22. The fourth-order valence-electron chi connectivity index (χ4n) is 2.84. The number of nitrogens with one attached hydrogen (secondary N) is 1. The molecule has 10 nitrogen and oxygen atoms in total. The van der Waals surface area contributed by atoms with E-state index in [1.54, 1.807) is 6.92 Å². The van der Waals surface area contributed by atoms with Crippen LogP contribution in [0.25, 0.3) is 16.4 Å². The van der Waals surface area contributed by atoms with E-state index in [-0.39, 0.29) is 11.3 Å². The van der Waals surface area contributed by atoms with Gasteiger partial charge in [-0.05, 0) is 31.2 Å². The lowest BCUT2D eigenvalue weighted by atomic mass is 10.1. The van der Waals surface area contributed by atoms with E-state index in [0.717, 1.165) is 10.4 Å². The molecule has 0 saturated carbocycles. The minimum absolute atomic E-state index is 0.0869. The van der Waals surface area contributed by atoms with Gasteiger partial charge in [-0.2, -0.15) is 15.0 Å². The maximum atomic E-state index is 12.8. The van der Waals surface area contributed by atoms with Crippen LogP contribution < -0.4 is 10.9 Å². The fourth-order valence-corrected chi connectivity index (χ4v) is 3.65. The second kappa shape index (κ2) is 8.13. The van der Waals surface area contributed by atoms with Crippen LogP contribution >= 0.6 is 11.3 Å². The molecule has 2 aromatic heterocycles. The van der Waals surface area contributed by atoms with Crippen LogP contribution in [0, 0.1) is 28.4 Å². The van der Waals surface area contributed by atoms with Gasteiger partial charge in [0.15, 0.2) is 5.01 Å². The molecule has 0 aliphatic carbocycles. The Balaban J connectivity index is 1.78. The number of aromatic nitrogens is 4. The number of nitrogens with zero attached hydrogens (tertiary/aromatic N) is 6. The van der Waals surface area contributed by atoms with Crippen LogP contribution in [0.1, 0.15) is 11.1 Å². The Morgan fingerprint density at radius 1 is 1.13 bits per heavy atom. The Kier molecular flexibility index (Phi) is 5.21. The average Bonchev–Trinajstić information content (AvgIpc) is 3.23. The van der Waals surface area contributed by atoms with Crippen molar-refractivity contribution in [1.29, 1.82) is 5.26 Å². The molecule has 2 aromatic carbocycles. The van der Waals surface area contributed by atoms with E-state index in [4.69, 9.17) is 0 Å². The highest BCUT2D eigenvalue weighted by Gasteiger charge is 2.20. The first-order chi connectivity index (χ1) is 15.0. The zero-order chi connectivity index (χ0) is 22.0. The van der Waals surface area contributed by atoms with Gasteiger partial charge in [-0.3, -0.25) is 14.9 Å². The van der Waals surface area contributed by atoms with E-state index >= 15 is 0 Å². The van der Waals surface area contributed by atoms with Crippen molar-refractivity contribution < 1.29 is 4.92 Å². The van der Waals surface area contributed by atoms with Gasteiger partial charge in [0.2, 0.25) is 5.13 Å². The molecule has 2 heterocycles.